The summed E-state index contributed by atoms with van der Waals surface area (Å²) in [6.45, 7) is 9.22. The van der Waals surface area contributed by atoms with E-state index in [9.17, 15) is 4.79 Å². The van der Waals surface area contributed by atoms with Gasteiger partial charge in [0.2, 0.25) is 0 Å². The van der Waals surface area contributed by atoms with E-state index in [2.05, 4.69) is 18.8 Å². The lowest BCUT2D eigenvalue weighted by atomic mass is 9.89. The third-order valence-electron chi connectivity index (χ3n) is 2.89. The van der Waals surface area contributed by atoms with Crippen LogP contribution in [0.3, 0.4) is 0 Å². The first-order chi connectivity index (χ1) is 7.35. The summed E-state index contributed by atoms with van der Waals surface area (Å²) >= 11 is 0. The standard InChI is InChI=1S/C12H21N3O/c1-9-7-11(16)15(10(2)14-9)6-5-12(3,4)8-13/h7H,5-6,8,13H2,1-4H3. The zero-order chi connectivity index (χ0) is 12.3. The topological polar surface area (TPSA) is 60.9 Å². The average Bonchev–Trinajstić information content (AvgIpc) is 2.16. The van der Waals surface area contributed by atoms with Crippen LogP contribution in [0.5, 0.6) is 0 Å². The number of hydrogen-bond acceptors (Lipinski definition) is 3. The van der Waals surface area contributed by atoms with Crippen LogP contribution in [-0.2, 0) is 6.54 Å². The van der Waals surface area contributed by atoms with Crippen molar-refractivity contribution in [2.24, 2.45) is 11.1 Å². The predicted molar refractivity (Wildman–Crippen MR) is 65.4 cm³/mol. The molecule has 2 N–H and O–H groups in total. The first kappa shape index (κ1) is 12.9. The summed E-state index contributed by atoms with van der Waals surface area (Å²) in [6, 6.07) is 1.57. The van der Waals surface area contributed by atoms with Crippen LogP contribution in [0.4, 0.5) is 0 Å². The van der Waals surface area contributed by atoms with Gasteiger partial charge in [-0.3, -0.25) is 9.36 Å². The second-order valence-corrected chi connectivity index (χ2v) is 5.05. The SMILES string of the molecule is Cc1cc(=O)n(CCC(C)(C)CN)c(C)n1. The lowest BCUT2D eigenvalue weighted by Gasteiger charge is -2.23. The number of aryl methyl sites for hydroxylation is 2. The van der Waals surface area contributed by atoms with Crippen molar-refractivity contribution in [3.63, 3.8) is 0 Å². The maximum Gasteiger partial charge on any atom is 0.253 e. The van der Waals surface area contributed by atoms with Crippen LogP contribution in [0.1, 0.15) is 31.8 Å². The minimum absolute atomic E-state index is 0.0258. The third kappa shape index (κ3) is 3.17. The molecule has 0 radical (unpaired) electrons. The fraction of sp³-hybridized carbons (Fsp3) is 0.667. The monoisotopic (exact) mass is 223 g/mol. The van der Waals surface area contributed by atoms with Crippen molar-refractivity contribution < 1.29 is 0 Å². The molecule has 0 aliphatic rings. The molecule has 16 heavy (non-hydrogen) atoms. The van der Waals surface area contributed by atoms with Gasteiger partial charge in [0.15, 0.2) is 0 Å². The van der Waals surface area contributed by atoms with Gasteiger partial charge in [0, 0.05) is 18.3 Å². The second-order valence-electron chi connectivity index (χ2n) is 5.05. The molecular formula is C12H21N3O. The largest absolute Gasteiger partial charge is 0.330 e. The van der Waals surface area contributed by atoms with Crippen molar-refractivity contribution in [2.45, 2.75) is 40.7 Å². The minimum Gasteiger partial charge on any atom is -0.330 e. The Hall–Kier alpha value is -1.16. The van der Waals surface area contributed by atoms with E-state index in [0.717, 1.165) is 17.9 Å². The zero-order valence-electron chi connectivity index (χ0n) is 10.6. The molecule has 1 aromatic heterocycles. The molecule has 0 aromatic carbocycles. The highest BCUT2D eigenvalue weighted by Crippen LogP contribution is 2.18. The van der Waals surface area contributed by atoms with Crippen LogP contribution in [0, 0.1) is 19.3 Å². The van der Waals surface area contributed by atoms with Gasteiger partial charge in [0.1, 0.15) is 5.82 Å². The van der Waals surface area contributed by atoms with E-state index in [1.54, 1.807) is 10.6 Å². The molecule has 1 heterocycles. The van der Waals surface area contributed by atoms with Gasteiger partial charge in [0.25, 0.3) is 5.56 Å². The van der Waals surface area contributed by atoms with E-state index in [4.69, 9.17) is 5.73 Å². The Balaban J connectivity index is 2.87. The van der Waals surface area contributed by atoms with Crippen LogP contribution >= 0.6 is 0 Å². The fourth-order valence-electron chi connectivity index (χ4n) is 1.55. The summed E-state index contributed by atoms with van der Waals surface area (Å²) < 4.78 is 1.71. The highest BCUT2D eigenvalue weighted by atomic mass is 16.1. The minimum atomic E-state index is 0.0258. The van der Waals surface area contributed by atoms with E-state index >= 15 is 0 Å². The molecule has 0 unspecified atom stereocenters. The normalized spacial score (nSPS) is 11.8. The van der Waals surface area contributed by atoms with Gasteiger partial charge in [-0.2, -0.15) is 0 Å². The Morgan fingerprint density at radius 2 is 2.06 bits per heavy atom. The van der Waals surface area contributed by atoms with Crippen LogP contribution in [0.2, 0.25) is 0 Å². The maximum atomic E-state index is 11.8. The first-order valence-electron chi connectivity index (χ1n) is 5.61. The van der Waals surface area contributed by atoms with Crippen molar-refractivity contribution in [3.05, 3.63) is 27.9 Å². The lowest BCUT2D eigenvalue weighted by Crippen LogP contribution is -2.29. The summed E-state index contributed by atoms with van der Waals surface area (Å²) in [5.41, 5.74) is 6.53. The van der Waals surface area contributed by atoms with E-state index in [0.29, 0.717) is 13.1 Å². The number of rotatable bonds is 4. The molecule has 1 aromatic rings. The molecule has 0 fully saturated rings. The van der Waals surface area contributed by atoms with Crippen molar-refractivity contribution >= 4 is 0 Å². The molecule has 0 aliphatic carbocycles. The molecule has 90 valence electrons. The lowest BCUT2D eigenvalue weighted by molar-refractivity contribution is 0.320. The Morgan fingerprint density at radius 1 is 1.44 bits per heavy atom. The summed E-state index contributed by atoms with van der Waals surface area (Å²) in [5.74, 6) is 0.776. The van der Waals surface area contributed by atoms with Gasteiger partial charge in [0.05, 0.1) is 0 Å². The van der Waals surface area contributed by atoms with E-state index < -0.39 is 0 Å². The quantitative estimate of drug-likeness (QED) is 0.835. The van der Waals surface area contributed by atoms with Gasteiger partial charge in [-0.25, -0.2) is 4.98 Å². The van der Waals surface area contributed by atoms with Gasteiger partial charge < -0.3 is 5.73 Å². The van der Waals surface area contributed by atoms with Crippen LogP contribution in [0.15, 0.2) is 10.9 Å². The molecule has 0 spiro atoms. The highest BCUT2D eigenvalue weighted by molar-refractivity contribution is 5.01. The Kier molecular flexibility index (Phi) is 3.86. The molecule has 0 aliphatic heterocycles. The number of nitrogens with two attached hydrogens (primary N) is 1. The zero-order valence-corrected chi connectivity index (χ0v) is 10.6. The molecule has 0 saturated carbocycles. The van der Waals surface area contributed by atoms with Gasteiger partial charge in [-0.1, -0.05) is 13.8 Å². The van der Waals surface area contributed by atoms with Crippen LogP contribution < -0.4 is 11.3 Å². The smallest absolute Gasteiger partial charge is 0.253 e. The first-order valence-corrected chi connectivity index (χ1v) is 5.61. The average molecular weight is 223 g/mol. The number of aromatic nitrogens is 2. The maximum absolute atomic E-state index is 11.8. The summed E-state index contributed by atoms with van der Waals surface area (Å²) in [5, 5.41) is 0. The summed E-state index contributed by atoms with van der Waals surface area (Å²) in [4.78, 5) is 16.1. The highest BCUT2D eigenvalue weighted by Gasteiger charge is 2.16. The van der Waals surface area contributed by atoms with Crippen LogP contribution in [0.25, 0.3) is 0 Å². The predicted octanol–water partition coefficient (Wildman–Crippen LogP) is 1.24. The molecule has 4 nitrogen and oxygen atoms in total. The molecule has 0 bridgehead atoms. The molecule has 0 atom stereocenters. The molecular weight excluding hydrogens is 202 g/mol. The van der Waals surface area contributed by atoms with Crippen molar-refractivity contribution in [3.8, 4) is 0 Å². The van der Waals surface area contributed by atoms with Gasteiger partial charge in [-0.15, -0.1) is 0 Å². The van der Waals surface area contributed by atoms with Crippen LogP contribution in [-0.4, -0.2) is 16.1 Å². The molecule has 4 heteroatoms. The molecule has 0 saturated heterocycles. The summed E-state index contributed by atoms with van der Waals surface area (Å²) in [6.07, 6.45) is 0.884. The fourth-order valence-corrected chi connectivity index (χ4v) is 1.55. The van der Waals surface area contributed by atoms with Crippen molar-refractivity contribution in [1.82, 2.24) is 9.55 Å². The van der Waals surface area contributed by atoms with Gasteiger partial charge in [-0.05, 0) is 32.2 Å². The van der Waals surface area contributed by atoms with Gasteiger partial charge >= 0.3 is 0 Å². The number of nitrogens with zero attached hydrogens (tertiary/aromatic N) is 2. The Morgan fingerprint density at radius 3 is 2.56 bits per heavy atom. The second kappa shape index (κ2) is 4.78. The van der Waals surface area contributed by atoms with E-state index in [1.807, 2.05) is 13.8 Å². The molecule has 0 amide bonds. The van der Waals surface area contributed by atoms with Crippen molar-refractivity contribution in [2.75, 3.05) is 6.54 Å². The van der Waals surface area contributed by atoms with E-state index in [-0.39, 0.29) is 11.0 Å². The number of hydrogen-bond donors (Lipinski definition) is 1. The Bertz CT molecular complexity index is 421. The third-order valence-corrected chi connectivity index (χ3v) is 2.89. The summed E-state index contributed by atoms with van der Waals surface area (Å²) in [7, 11) is 0. The Labute approximate surface area is 96.5 Å². The van der Waals surface area contributed by atoms with E-state index in [1.165, 1.54) is 0 Å². The molecule has 1 rings (SSSR count). The van der Waals surface area contributed by atoms with Crippen molar-refractivity contribution in [1.29, 1.82) is 0 Å².